The Hall–Kier alpha value is -2.63. The molecule has 12 heteroatoms. The predicted octanol–water partition coefficient (Wildman–Crippen LogP) is -0.0746. The third kappa shape index (κ3) is 5.78. The van der Waals surface area contributed by atoms with Crippen LogP contribution in [0.25, 0.3) is 0 Å². The molecule has 0 spiro atoms. The van der Waals surface area contributed by atoms with E-state index in [0.717, 1.165) is 12.8 Å². The average Bonchev–Trinajstić information content (AvgIpc) is 3.64. The number of carbonyl (C=O) groups is 4. The van der Waals surface area contributed by atoms with E-state index in [2.05, 4.69) is 21.9 Å². The second-order valence-electron chi connectivity index (χ2n) is 8.71. The van der Waals surface area contributed by atoms with E-state index in [1.807, 2.05) is 0 Å². The summed E-state index contributed by atoms with van der Waals surface area (Å²) in [6.07, 6.45) is 4.21. The number of likely N-dealkylation sites (tertiary alicyclic amines) is 1. The van der Waals surface area contributed by atoms with Crippen LogP contribution in [-0.4, -0.2) is 73.2 Å². The zero-order valence-electron chi connectivity index (χ0n) is 18.1. The maximum Gasteiger partial charge on any atom is 0.407 e. The van der Waals surface area contributed by atoms with Gasteiger partial charge in [0.05, 0.1) is 4.75 Å². The van der Waals surface area contributed by atoms with Gasteiger partial charge in [-0.05, 0) is 51.9 Å². The lowest BCUT2D eigenvalue weighted by molar-refractivity contribution is -0.138. The molecule has 178 valence electrons. The van der Waals surface area contributed by atoms with Crippen molar-refractivity contribution in [2.24, 2.45) is 0 Å². The number of carbonyl (C=O) groups excluding carboxylic acids is 4. The summed E-state index contributed by atoms with van der Waals surface area (Å²) in [7, 11) is -3.85. The first-order valence-electron chi connectivity index (χ1n) is 10.8. The van der Waals surface area contributed by atoms with Crippen LogP contribution in [0.4, 0.5) is 4.79 Å². The zero-order chi connectivity index (χ0) is 23.5. The SMILES string of the molecule is C=CCC(NC(=O)[C@@H]1CCCN1C(=O)CNC(=O)OC1CC1)C(=O)NS(=O)(=O)C1(C)CC1. The maximum absolute atomic E-state index is 12.8. The summed E-state index contributed by atoms with van der Waals surface area (Å²) in [5, 5.41) is 4.93. The van der Waals surface area contributed by atoms with Crippen molar-refractivity contribution in [3.05, 3.63) is 12.7 Å². The van der Waals surface area contributed by atoms with Crippen molar-refractivity contribution < 1.29 is 32.3 Å². The number of amides is 4. The summed E-state index contributed by atoms with van der Waals surface area (Å²) < 4.78 is 30.8. The molecule has 2 saturated carbocycles. The Labute approximate surface area is 187 Å². The van der Waals surface area contributed by atoms with Gasteiger partial charge in [-0.25, -0.2) is 13.2 Å². The fourth-order valence-corrected chi connectivity index (χ4v) is 4.70. The topological polar surface area (TPSA) is 151 Å². The first-order chi connectivity index (χ1) is 15.1. The minimum absolute atomic E-state index is 0.0268. The van der Waals surface area contributed by atoms with Crippen molar-refractivity contribution in [2.45, 2.75) is 74.8 Å². The number of nitrogens with zero attached hydrogens (tertiary/aromatic N) is 1. The highest BCUT2D eigenvalue weighted by Gasteiger charge is 2.51. The minimum Gasteiger partial charge on any atom is -0.446 e. The molecule has 0 bridgehead atoms. The van der Waals surface area contributed by atoms with Crippen LogP contribution in [0.1, 0.15) is 51.9 Å². The lowest BCUT2D eigenvalue weighted by Crippen LogP contribution is -2.55. The molecular weight excluding hydrogens is 440 g/mol. The average molecular weight is 471 g/mol. The summed E-state index contributed by atoms with van der Waals surface area (Å²) >= 11 is 0. The Morgan fingerprint density at radius 2 is 1.91 bits per heavy atom. The summed E-state index contributed by atoms with van der Waals surface area (Å²) in [5.41, 5.74) is 0. The van der Waals surface area contributed by atoms with Gasteiger partial charge in [0, 0.05) is 6.54 Å². The van der Waals surface area contributed by atoms with Crippen molar-refractivity contribution in [1.29, 1.82) is 0 Å². The number of hydrogen-bond donors (Lipinski definition) is 3. The fraction of sp³-hybridized carbons (Fsp3) is 0.700. The molecule has 0 aromatic rings. The Bertz CT molecular complexity index is 896. The molecule has 1 unspecified atom stereocenters. The number of sulfonamides is 1. The number of ether oxygens (including phenoxy) is 1. The maximum atomic E-state index is 12.8. The quantitative estimate of drug-likeness (QED) is 0.378. The predicted molar refractivity (Wildman–Crippen MR) is 114 cm³/mol. The van der Waals surface area contributed by atoms with Crippen LogP contribution in [0.2, 0.25) is 0 Å². The van der Waals surface area contributed by atoms with Gasteiger partial charge in [0.15, 0.2) is 0 Å². The molecular formula is C20H30N4O7S. The molecule has 1 heterocycles. The number of rotatable bonds is 10. The van der Waals surface area contributed by atoms with Crippen molar-refractivity contribution in [1.82, 2.24) is 20.3 Å². The van der Waals surface area contributed by atoms with Crippen LogP contribution >= 0.6 is 0 Å². The molecule has 3 rings (SSSR count). The van der Waals surface area contributed by atoms with E-state index in [1.54, 1.807) is 6.92 Å². The van der Waals surface area contributed by atoms with Gasteiger partial charge in [-0.3, -0.25) is 19.1 Å². The fourth-order valence-electron chi connectivity index (χ4n) is 3.40. The van der Waals surface area contributed by atoms with Gasteiger partial charge >= 0.3 is 6.09 Å². The highest BCUT2D eigenvalue weighted by atomic mass is 32.2. The summed E-state index contributed by atoms with van der Waals surface area (Å²) in [4.78, 5) is 50.9. The van der Waals surface area contributed by atoms with Crippen LogP contribution in [0, 0.1) is 0 Å². The van der Waals surface area contributed by atoms with E-state index in [1.165, 1.54) is 11.0 Å². The Kier molecular flexibility index (Phi) is 7.11. The molecule has 2 aliphatic carbocycles. The summed E-state index contributed by atoms with van der Waals surface area (Å²) in [6.45, 7) is 5.14. The second-order valence-corrected chi connectivity index (χ2v) is 10.9. The molecule has 0 radical (unpaired) electrons. The standard InChI is InChI=1S/C20H30N4O7S/c1-3-5-14(17(26)23-32(29,30)20(2)9-10-20)22-18(27)15-6-4-11-24(15)16(25)12-21-19(28)31-13-7-8-13/h3,13-15H,1,4-12H2,2H3,(H,21,28)(H,22,27)(H,23,26)/t14?,15-/m0/s1. The Balaban J connectivity index is 1.55. The molecule has 1 saturated heterocycles. The molecule has 0 aromatic heterocycles. The van der Waals surface area contributed by atoms with Crippen LogP contribution < -0.4 is 15.4 Å². The number of nitrogens with one attached hydrogen (secondary N) is 3. The lowest BCUT2D eigenvalue weighted by Gasteiger charge is -2.26. The van der Waals surface area contributed by atoms with E-state index < -0.39 is 50.7 Å². The van der Waals surface area contributed by atoms with E-state index in [-0.39, 0.29) is 19.1 Å². The third-order valence-corrected chi connectivity index (χ3v) is 8.11. The monoisotopic (exact) mass is 470 g/mol. The van der Waals surface area contributed by atoms with Crippen LogP contribution in [0.3, 0.4) is 0 Å². The van der Waals surface area contributed by atoms with Gasteiger partial charge in [-0.15, -0.1) is 6.58 Å². The van der Waals surface area contributed by atoms with Crippen LogP contribution in [0.15, 0.2) is 12.7 Å². The van der Waals surface area contributed by atoms with Gasteiger partial charge in [0.1, 0.15) is 24.7 Å². The largest absolute Gasteiger partial charge is 0.446 e. The van der Waals surface area contributed by atoms with E-state index in [0.29, 0.717) is 32.2 Å². The smallest absolute Gasteiger partial charge is 0.407 e. The van der Waals surface area contributed by atoms with E-state index in [4.69, 9.17) is 4.74 Å². The van der Waals surface area contributed by atoms with Gasteiger partial charge in [-0.1, -0.05) is 6.08 Å². The van der Waals surface area contributed by atoms with Gasteiger partial charge < -0.3 is 20.3 Å². The van der Waals surface area contributed by atoms with Gasteiger partial charge in [-0.2, -0.15) is 0 Å². The number of alkyl carbamates (subject to hydrolysis) is 1. The Morgan fingerprint density at radius 1 is 1.22 bits per heavy atom. The van der Waals surface area contributed by atoms with E-state index in [9.17, 15) is 27.6 Å². The van der Waals surface area contributed by atoms with Crippen molar-refractivity contribution >= 4 is 33.8 Å². The molecule has 11 nitrogen and oxygen atoms in total. The molecule has 4 amide bonds. The minimum atomic E-state index is -3.85. The molecule has 3 fully saturated rings. The summed E-state index contributed by atoms with van der Waals surface area (Å²) in [6, 6.07) is -1.96. The number of hydrogen-bond acceptors (Lipinski definition) is 7. The zero-order valence-corrected chi connectivity index (χ0v) is 18.9. The highest BCUT2D eigenvalue weighted by molar-refractivity contribution is 7.91. The normalized spacial score (nSPS) is 22.4. The van der Waals surface area contributed by atoms with Crippen molar-refractivity contribution in [3.8, 4) is 0 Å². The van der Waals surface area contributed by atoms with Gasteiger partial charge in [0.25, 0.3) is 5.91 Å². The first kappa shape index (κ1) is 24.0. The van der Waals surface area contributed by atoms with Crippen LogP contribution in [-0.2, 0) is 29.1 Å². The Morgan fingerprint density at radius 3 is 2.50 bits per heavy atom. The third-order valence-electron chi connectivity index (χ3n) is 5.93. The molecule has 3 N–H and O–H groups in total. The van der Waals surface area contributed by atoms with Crippen LogP contribution in [0.5, 0.6) is 0 Å². The van der Waals surface area contributed by atoms with Crippen molar-refractivity contribution in [2.75, 3.05) is 13.1 Å². The molecule has 1 aliphatic heterocycles. The van der Waals surface area contributed by atoms with Gasteiger partial charge in [0.2, 0.25) is 21.8 Å². The molecule has 2 atom stereocenters. The highest BCUT2D eigenvalue weighted by Crippen LogP contribution is 2.42. The van der Waals surface area contributed by atoms with Crippen molar-refractivity contribution in [3.63, 3.8) is 0 Å². The first-order valence-corrected chi connectivity index (χ1v) is 12.3. The molecule has 3 aliphatic rings. The molecule has 0 aromatic carbocycles. The lowest BCUT2D eigenvalue weighted by atomic mass is 10.1. The summed E-state index contributed by atoms with van der Waals surface area (Å²) in [5.74, 6) is -1.84. The van der Waals surface area contributed by atoms with E-state index >= 15 is 0 Å². The molecule has 32 heavy (non-hydrogen) atoms. The second kappa shape index (κ2) is 9.47.